The summed E-state index contributed by atoms with van der Waals surface area (Å²) in [6.45, 7) is 6.29. The molecule has 144 valence electrons. The van der Waals surface area contributed by atoms with Crippen molar-refractivity contribution in [2.24, 2.45) is 0 Å². The SMILES string of the molecule is CO[C@@H]1CN(c2c(Br)cncc2[N+](=O)[O-])CC[C@H]1NC(=O)OC(C)(C)C. The number of halogens is 1. The van der Waals surface area contributed by atoms with Crippen LogP contribution < -0.4 is 10.2 Å². The fourth-order valence-corrected chi connectivity index (χ4v) is 3.42. The van der Waals surface area contributed by atoms with Crippen LogP contribution in [0.3, 0.4) is 0 Å². The quantitative estimate of drug-likeness (QED) is 0.577. The topological polar surface area (TPSA) is 107 Å². The van der Waals surface area contributed by atoms with E-state index >= 15 is 0 Å². The number of nitrogens with zero attached hydrogens (tertiary/aromatic N) is 3. The number of nitro groups is 1. The van der Waals surface area contributed by atoms with Gasteiger partial charge in [0, 0.05) is 26.4 Å². The summed E-state index contributed by atoms with van der Waals surface area (Å²) >= 11 is 3.34. The van der Waals surface area contributed by atoms with Crippen LogP contribution in [0.5, 0.6) is 0 Å². The molecular weight excluding hydrogens is 408 g/mol. The number of ether oxygens (including phenoxy) is 2. The molecule has 9 nitrogen and oxygen atoms in total. The number of hydrogen-bond donors (Lipinski definition) is 1. The Labute approximate surface area is 160 Å². The van der Waals surface area contributed by atoms with Crippen LogP contribution in [0.2, 0.25) is 0 Å². The lowest BCUT2D eigenvalue weighted by Gasteiger charge is -2.39. The van der Waals surface area contributed by atoms with E-state index in [0.29, 0.717) is 29.7 Å². The zero-order valence-electron chi connectivity index (χ0n) is 15.2. The van der Waals surface area contributed by atoms with Crippen molar-refractivity contribution in [2.45, 2.75) is 44.9 Å². The Kier molecular flexibility index (Phi) is 6.40. The van der Waals surface area contributed by atoms with E-state index in [1.165, 1.54) is 12.4 Å². The van der Waals surface area contributed by atoms with Crippen molar-refractivity contribution in [1.29, 1.82) is 0 Å². The van der Waals surface area contributed by atoms with Gasteiger partial charge in [0.15, 0.2) is 0 Å². The molecule has 1 aromatic heterocycles. The van der Waals surface area contributed by atoms with Gasteiger partial charge in [0.25, 0.3) is 0 Å². The molecule has 1 aliphatic rings. The van der Waals surface area contributed by atoms with Crippen LogP contribution in [0.4, 0.5) is 16.2 Å². The highest BCUT2D eigenvalue weighted by molar-refractivity contribution is 9.10. The zero-order valence-corrected chi connectivity index (χ0v) is 16.8. The Morgan fingerprint density at radius 1 is 1.46 bits per heavy atom. The summed E-state index contributed by atoms with van der Waals surface area (Å²) in [5.74, 6) is 0. The van der Waals surface area contributed by atoms with Gasteiger partial charge < -0.3 is 19.7 Å². The van der Waals surface area contributed by atoms with Crippen LogP contribution in [-0.2, 0) is 9.47 Å². The summed E-state index contributed by atoms with van der Waals surface area (Å²) in [5, 5.41) is 14.2. The van der Waals surface area contributed by atoms with Crippen molar-refractivity contribution in [3.05, 3.63) is 27.0 Å². The standard InChI is InChI=1S/C16H23BrN4O5/c1-16(2,3)26-15(22)19-11-5-6-20(9-13(11)25-4)14-10(17)7-18-8-12(14)21(23)24/h7-8,11,13H,5-6,9H2,1-4H3,(H,19,22)/t11-,13-/m1/s1. The number of methoxy groups -OCH3 is 1. The number of carbonyl (C=O) groups excluding carboxylic acids is 1. The molecule has 1 fully saturated rings. The number of hydrogen-bond acceptors (Lipinski definition) is 7. The number of anilines is 1. The monoisotopic (exact) mass is 430 g/mol. The summed E-state index contributed by atoms with van der Waals surface area (Å²) in [5.41, 5.74) is -0.203. The number of alkyl carbamates (subject to hydrolysis) is 1. The van der Waals surface area contributed by atoms with Crippen molar-refractivity contribution in [3.63, 3.8) is 0 Å². The van der Waals surface area contributed by atoms with E-state index in [9.17, 15) is 14.9 Å². The first kappa shape index (κ1) is 20.4. The molecule has 0 radical (unpaired) electrons. The number of rotatable bonds is 4. The van der Waals surface area contributed by atoms with Gasteiger partial charge in [-0.25, -0.2) is 4.79 Å². The summed E-state index contributed by atoms with van der Waals surface area (Å²) < 4.78 is 11.3. The fraction of sp³-hybridized carbons (Fsp3) is 0.625. The van der Waals surface area contributed by atoms with Crippen LogP contribution in [0.15, 0.2) is 16.9 Å². The van der Waals surface area contributed by atoms with Crippen molar-refractivity contribution in [1.82, 2.24) is 10.3 Å². The van der Waals surface area contributed by atoms with Gasteiger partial charge in [-0.05, 0) is 43.1 Å². The average molecular weight is 431 g/mol. The molecule has 2 atom stereocenters. The van der Waals surface area contributed by atoms with Crippen molar-refractivity contribution in [2.75, 3.05) is 25.1 Å². The molecule has 26 heavy (non-hydrogen) atoms. The number of aromatic nitrogens is 1. The van der Waals surface area contributed by atoms with E-state index in [1.54, 1.807) is 27.9 Å². The van der Waals surface area contributed by atoms with Gasteiger partial charge in [-0.3, -0.25) is 15.1 Å². The normalized spacial score (nSPS) is 20.6. The minimum Gasteiger partial charge on any atom is -0.444 e. The van der Waals surface area contributed by atoms with Crippen LogP contribution >= 0.6 is 15.9 Å². The molecule has 2 heterocycles. The maximum absolute atomic E-state index is 12.0. The lowest BCUT2D eigenvalue weighted by atomic mass is 10.0. The Morgan fingerprint density at radius 3 is 2.73 bits per heavy atom. The first-order chi connectivity index (χ1) is 12.1. The molecule has 1 N–H and O–H groups in total. The van der Waals surface area contributed by atoms with Crippen molar-refractivity contribution >= 4 is 33.4 Å². The molecular formula is C16H23BrN4O5. The zero-order chi connectivity index (χ0) is 19.5. The molecule has 0 aliphatic carbocycles. The molecule has 1 amide bonds. The van der Waals surface area contributed by atoms with Gasteiger partial charge in [-0.15, -0.1) is 0 Å². The first-order valence-electron chi connectivity index (χ1n) is 8.17. The second-order valence-electron chi connectivity index (χ2n) is 7.01. The minimum atomic E-state index is -0.587. The van der Waals surface area contributed by atoms with Crippen LogP contribution in [0.25, 0.3) is 0 Å². The van der Waals surface area contributed by atoms with Gasteiger partial charge in [0.1, 0.15) is 17.5 Å². The van der Waals surface area contributed by atoms with E-state index in [4.69, 9.17) is 9.47 Å². The maximum Gasteiger partial charge on any atom is 0.407 e. The van der Waals surface area contributed by atoms with Gasteiger partial charge in [-0.1, -0.05) is 0 Å². The lowest BCUT2D eigenvalue weighted by Crippen LogP contribution is -2.55. The highest BCUT2D eigenvalue weighted by Gasteiger charge is 2.35. The average Bonchev–Trinajstić information content (AvgIpc) is 2.53. The molecule has 0 unspecified atom stereocenters. The third-order valence-electron chi connectivity index (χ3n) is 3.93. The fourth-order valence-electron chi connectivity index (χ4n) is 2.85. The van der Waals surface area contributed by atoms with Crippen molar-refractivity contribution < 1.29 is 19.2 Å². The van der Waals surface area contributed by atoms with Gasteiger partial charge in [0.05, 0.1) is 21.5 Å². The van der Waals surface area contributed by atoms with E-state index in [2.05, 4.69) is 26.2 Å². The third kappa shape index (κ3) is 5.04. The molecule has 1 aliphatic heterocycles. The van der Waals surface area contributed by atoms with E-state index in [0.717, 1.165) is 0 Å². The van der Waals surface area contributed by atoms with Gasteiger partial charge in [-0.2, -0.15) is 0 Å². The largest absolute Gasteiger partial charge is 0.444 e. The summed E-state index contributed by atoms with van der Waals surface area (Å²) in [7, 11) is 1.55. The Morgan fingerprint density at radius 2 is 2.15 bits per heavy atom. The number of nitrogens with one attached hydrogen (secondary N) is 1. The second-order valence-corrected chi connectivity index (χ2v) is 7.86. The Hall–Kier alpha value is -1.94. The smallest absolute Gasteiger partial charge is 0.407 e. The number of piperidine rings is 1. The van der Waals surface area contributed by atoms with Gasteiger partial charge in [0.2, 0.25) is 0 Å². The molecule has 1 aromatic rings. The summed E-state index contributed by atoms with van der Waals surface area (Å²) in [4.78, 5) is 28.6. The summed E-state index contributed by atoms with van der Waals surface area (Å²) in [6.07, 6.45) is 2.47. The highest BCUT2D eigenvalue weighted by atomic mass is 79.9. The van der Waals surface area contributed by atoms with E-state index in [-0.39, 0.29) is 17.8 Å². The van der Waals surface area contributed by atoms with Crippen LogP contribution in [0, 0.1) is 10.1 Å². The number of amides is 1. The second kappa shape index (κ2) is 8.17. The lowest BCUT2D eigenvalue weighted by molar-refractivity contribution is -0.384. The maximum atomic E-state index is 12.0. The predicted molar refractivity (Wildman–Crippen MR) is 99.4 cm³/mol. The Bertz CT molecular complexity index is 679. The molecule has 10 heteroatoms. The molecule has 2 rings (SSSR count). The van der Waals surface area contributed by atoms with E-state index in [1.807, 2.05) is 4.90 Å². The molecule has 0 saturated carbocycles. The highest BCUT2D eigenvalue weighted by Crippen LogP contribution is 2.36. The molecule has 0 spiro atoms. The van der Waals surface area contributed by atoms with Crippen molar-refractivity contribution in [3.8, 4) is 0 Å². The molecule has 1 saturated heterocycles. The predicted octanol–water partition coefficient (Wildman–Crippen LogP) is 2.87. The Balaban J connectivity index is 2.13. The molecule has 0 bridgehead atoms. The third-order valence-corrected chi connectivity index (χ3v) is 4.51. The van der Waals surface area contributed by atoms with Crippen LogP contribution in [0.1, 0.15) is 27.2 Å². The van der Waals surface area contributed by atoms with E-state index < -0.39 is 16.6 Å². The number of pyridine rings is 1. The minimum absolute atomic E-state index is 0.0761. The van der Waals surface area contributed by atoms with Gasteiger partial charge >= 0.3 is 11.8 Å². The number of carbonyl (C=O) groups is 1. The van der Waals surface area contributed by atoms with Crippen LogP contribution in [-0.4, -0.2) is 53.9 Å². The first-order valence-corrected chi connectivity index (χ1v) is 8.97. The molecule has 0 aromatic carbocycles. The summed E-state index contributed by atoms with van der Waals surface area (Å²) in [6, 6.07) is -0.245.